The van der Waals surface area contributed by atoms with Crippen LogP contribution in [-0.4, -0.2) is 55.0 Å². The smallest absolute Gasteiger partial charge is 0.310 e. The molecule has 162 valence electrons. The van der Waals surface area contributed by atoms with Crippen LogP contribution >= 0.6 is 0 Å². The van der Waals surface area contributed by atoms with Crippen molar-refractivity contribution < 1.29 is 23.8 Å². The summed E-state index contributed by atoms with van der Waals surface area (Å²) in [6.07, 6.45) is 9.54. The summed E-state index contributed by atoms with van der Waals surface area (Å²) < 4.78 is 26.8. The first kappa shape index (κ1) is 22.1. The van der Waals surface area contributed by atoms with Gasteiger partial charge in [-0.1, -0.05) is 32.1 Å². The number of esters is 1. The van der Waals surface area contributed by atoms with Gasteiger partial charge in [-0.2, -0.15) is 9.37 Å². The Morgan fingerprint density at radius 2 is 2.27 bits per heavy atom. The third kappa shape index (κ3) is 4.60. The second kappa shape index (κ2) is 9.49. The monoisotopic (exact) mass is 418 g/mol. The number of nitrogens with zero attached hydrogens (tertiary/aromatic N) is 4. The van der Waals surface area contributed by atoms with E-state index in [-0.39, 0.29) is 12.5 Å². The lowest BCUT2D eigenvalue weighted by atomic mass is 9.98. The van der Waals surface area contributed by atoms with E-state index in [1.165, 1.54) is 6.33 Å². The molecule has 0 spiro atoms. The number of fused-ring (bicyclic) bond motifs is 1. The third-order valence-electron chi connectivity index (χ3n) is 5.37. The molecule has 1 aliphatic rings. The predicted octanol–water partition coefficient (Wildman–Crippen LogP) is 2.31. The zero-order chi connectivity index (χ0) is 21.7. The van der Waals surface area contributed by atoms with E-state index >= 15 is 0 Å². The normalized spacial score (nSPS) is 23.6. The maximum Gasteiger partial charge on any atom is 0.310 e. The molecule has 0 aliphatic carbocycles. The number of terminal acetylenes is 1. The summed E-state index contributed by atoms with van der Waals surface area (Å²) >= 11 is 0. The highest BCUT2D eigenvalue weighted by Gasteiger charge is 2.50. The number of hydrogen-bond acceptors (Lipinski definition) is 7. The Bertz CT molecular complexity index is 941. The van der Waals surface area contributed by atoms with Crippen LogP contribution in [0.1, 0.15) is 51.1 Å². The third-order valence-corrected chi connectivity index (χ3v) is 5.37. The number of carbonyl (C=O) groups excluding carboxylic acids is 1. The number of aliphatic hydroxyl groups excluding tert-OH is 1. The molecule has 0 bridgehead atoms. The number of hydrogen-bond donors (Lipinski definition) is 1. The lowest BCUT2D eigenvalue weighted by Crippen LogP contribution is -2.44. The Kier molecular flexibility index (Phi) is 7.00. The molecular formula is C21H27FN4O4. The van der Waals surface area contributed by atoms with E-state index in [0.29, 0.717) is 29.7 Å². The van der Waals surface area contributed by atoms with E-state index in [0.717, 1.165) is 25.7 Å². The van der Waals surface area contributed by atoms with Gasteiger partial charge in [0, 0.05) is 12.8 Å². The van der Waals surface area contributed by atoms with Gasteiger partial charge in [0.1, 0.15) is 11.6 Å². The number of rotatable bonds is 9. The van der Waals surface area contributed by atoms with Crippen molar-refractivity contribution in [3.8, 4) is 12.3 Å². The van der Waals surface area contributed by atoms with Crippen LogP contribution in [0.5, 0.6) is 0 Å². The molecule has 3 heterocycles. The molecule has 1 aliphatic heterocycles. The summed E-state index contributed by atoms with van der Waals surface area (Å²) in [5.74, 6) is 2.11. The van der Waals surface area contributed by atoms with Gasteiger partial charge in [-0.15, -0.1) is 6.42 Å². The van der Waals surface area contributed by atoms with Crippen LogP contribution < -0.4 is 0 Å². The first-order valence-corrected chi connectivity index (χ1v) is 10.2. The molecule has 1 unspecified atom stereocenters. The fraction of sp³-hybridized carbons (Fsp3) is 0.619. The van der Waals surface area contributed by atoms with Crippen molar-refractivity contribution in [3.63, 3.8) is 0 Å². The maximum absolute atomic E-state index is 13.6. The van der Waals surface area contributed by atoms with Gasteiger partial charge in [0.25, 0.3) is 0 Å². The number of aromatic nitrogens is 4. The Morgan fingerprint density at radius 1 is 1.47 bits per heavy atom. The molecule has 0 aromatic carbocycles. The van der Waals surface area contributed by atoms with E-state index in [4.69, 9.17) is 15.9 Å². The Hall–Kier alpha value is -2.57. The molecule has 3 atom stereocenters. The molecule has 1 saturated heterocycles. The van der Waals surface area contributed by atoms with Crippen LogP contribution in [-0.2, 0) is 20.8 Å². The first-order chi connectivity index (χ1) is 14.4. The van der Waals surface area contributed by atoms with Crippen LogP contribution in [0.25, 0.3) is 11.2 Å². The van der Waals surface area contributed by atoms with Gasteiger partial charge in [0.05, 0.1) is 31.3 Å². The zero-order valence-corrected chi connectivity index (χ0v) is 17.3. The summed E-state index contributed by atoms with van der Waals surface area (Å²) in [4.78, 5) is 24.0. The van der Waals surface area contributed by atoms with Gasteiger partial charge >= 0.3 is 12.0 Å². The fourth-order valence-electron chi connectivity index (χ4n) is 3.74. The van der Waals surface area contributed by atoms with Crippen molar-refractivity contribution in [1.82, 2.24) is 19.5 Å². The zero-order valence-electron chi connectivity index (χ0n) is 17.3. The summed E-state index contributed by atoms with van der Waals surface area (Å²) in [5, 5.41) is 9.89. The number of imidazole rings is 1. The topological polar surface area (TPSA) is 99.4 Å². The molecular weight excluding hydrogens is 391 g/mol. The van der Waals surface area contributed by atoms with Crippen molar-refractivity contribution >= 4 is 17.1 Å². The van der Waals surface area contributed by atoms with E-state index < -0.39 is 30.5 Å². The molecule has 30 heavy (non-hydrogen) atoms. The Morgan fingerprint density at radius 3 is 2.97 bits per heavy atom. The molecule has 2 aromatic rings. The van der Waals surface area contributed by atoms with Gasteiger partial charge in [0.15, 0.2) is 11.2 Å². The second-order valence-electron chi connectivity index (χ2n) is 7.60. The van der Waals surface area contributed by atoms with Gasteiger partial charge in [-0.3, -0.25) is 4.79 Å². The van der Waals surface area contributed by atoms with Crippen molar-refractivity contribution in [2.24, 2.45) is 0 Å². The van der Waals surface area contributed by atoms with Gasteiger partial charge in [-0.05, 0) is 13.3 Å². The van der Waals surface area contributed by atoms with E-state index in [2.05, 4.69) is 27.8 Å². The summed E-state index contributed by atoms with van der Waals surface area (Å²) in [6.45, 7) is 3.54. The molecule has 2 aromatic heterocycles. The van der Waals surface area contributed by atoms with Gasteiger partial charge in [0.2, 0.25) is 0 Å². The molecule has 0 radical (unpaired) electrons. The average molecular weight is 418 g/mol. The number of carbonyl (C=O) groups is 1. The first-order valence-electron chi connectivity index (χ1n) is 10.2. The molecule has 0 saturated carbocycles. The minimum atomic E-state index is -1.41. The SMILES string of the molecule is C#C[C@]1(CO)OC(Cn2cnc3c(C)nc(F)nc32)C[C@@H]1OC(=O)CCCCCC. The molecule has 3 rings (SSSR count). The minimum absolute atomic E-state index is 0.264. The minimum Gasteiger partial charge on any atom is -0.458 e. The molecule has 8 nitrogen and oxygen atoms in total. The molecule has 0 amide bonds. The second-order valence-corrected chi connectivity index (χ2v) is 7.60. The Balaban J connectivity index is 1.71. The van der Waals surface area contributed by atoms with Crippen molar-refractivity contribution in [3.05, 3.63) is 18.1 Å². The molecule has 9 heteroatoms. The van der Waals surface area contributed by atoms with Crippen LogP contribution in [0, 0.1) is 25.3 Å². The van der Waals surface area contributed by atoms with Crippen molar-refractivity contribution in [1.29, 1.82) is 0 Å². The molecule has 1 fully saturated rings. The fourth-order valence-corrected chi connectivity index (χ4v) is 3.74. The molecule has 1 N–H and O–H groups in total. The van der Waals surface area contributed by atoms with Crippen LogP contribution in [0.2, 0.25) is 0 Å². The van der Waals surface area contributed by atoms with Gasteiger partial charge < -0.3 is 19.1 Å². The summed E-state index contributed by atoms with van der Waals surface area (Å²) in [6, 6.07) is 0. The van der Waals surface area contributed by atoms with Gasteiger partial charge in [-0.25, -0.2) is 9.97 Å². The van der Waals surface area contributed by atoms with Crippen LogP contribution in [0.3, 0.4) is 0 Å². The maximum atomic E-state index is 13.6. The van der Waals surface area contributed by atoms with E-state index in [1.807, 2.05) is 0 Å². The lowest BCUT2D eigenvalue weighted by Gasteiger charge is -2.27. The summed E-state index contributed by atoms with van der Waals surface area (Å²) in [5.41, 5.74) is -0.132. The average Bonchev–Trinajstić information content (AvgIpc) is 3.27. The van der Waals surface area contributed by atoms with Crippen molar-refractivity contribution in [2.75, 3.05) is 6.61 Å². The number of halogens is 1. The Labute approximate surface area is 174 Å². The quantitative estimate of drug-likeness (QED) is 0.289. The van der Waals surface area contributed by atoms with Crippen molar-refractivity contribution in [2.45, 2.75) is 76.7 Å². The highest BCUT2D eigenvalue weighted by molar-refractivity contribution is 5.72. The summed E-state index contributed by atoms with van der Waals surface area (Å²) in [7, 11) is 0. The highest BCUT2D eigenvalue weighted by atomic mass is 19.1. The predicted molar refractivity (Wildman–Crippen MR) is 107 cm³/mol. The van der Waals surface area contributed by atoms with Crippen LogP contribution in [0.4, 0.5) is 4.39 Å². The number of unbranched alkanes of at least 4 members (excludes halogenated alkanes) is 3. The largest absolute Gasteiger partial charge is 0.458 e. The highest BCUT2D eigenvalue weighted by Crippen LogP contribution is 2.34. The van der Waals surface area contributed by atoms with Crippen LogP contribution in [0.15, 0.2) is 6.33 Å². The number of aliphatic hydroxyl groups is 1. The standard InChI is InChI=1S/C21H27FN4O4/c1-4-6-7-8-9-17(28)29-16-10-15(30-21(16,5-2)12-27)11-26-13-23-18-14(3)24-20(22)25-19(18)26/h2,13,15-16,27H,4,6-12H2,1,3H3/t15?,16-,21+/m0/s1. The number of aryl methyl sites for hydroxylation is 1. The van der Waals surface area contributed by atoms with E-state index in [1.54, 1.807) is 11.5 Å². The number of ether oxygens (including phenoxy) is 2. The lowest BCUT2D eigenvalue weighted by molar-refractivity contribution is -0.158. The van der Waals surface area contributed by atoms with E-state index in [9.17, 15) is 14.3 Å².